The molecule has 8 heteroatoms. The number of benzene rings is 1. The van der Waals surface area contributed by atoms with E-state index < -0.39 is 22.0 Å². The van der Waals surface area contributed by atoms with Crippen LogP contribution >= 0.6 is 0 Å². The van der Waals surface area contributed by atoms with Crippen LogP contribution in [0.4, 0.5) is 11.4 Å². The molecule has 7 nitrogen and oxygen atoms in total. The molecular formula is C15H20N4O3S. The first-order valence-corrected chi connectivity index (χ1v) is 8.90. The third-order valence-corrected chi connectivity index (χ3v) is 4.83. The fraction of sp³-hybridized carbons (Fsp3) is 0.333. The van der Waals surface area contributed by atoms with Crippen molar-refractivity contribution in [3.63, 3.8) is 0 Å². The number of aryl methyl sites for hydroxylation is 1. The lowest BCUT2D eigenvalue weighted by atomic mass is 10.2. The number of sulfonamides is 1. The van der Waals surface area contributed by atoms with Gasteiger partial charge in [0, 0.05) is 7.05 Å². The van der Waals surface area contributed by atoms with Gasteiger partial charge in [-0.3, -0.25) is 13.8 Å². The van der Waals surface area contributed by atoms with E-state index >= 15 is 0 Å². The van der Waals surface area contributed by atoms with E-state index in [4.69, 9.17) is 0 Å². The molecule has 0 aliphatic carbocycles. The zero-order valence-electron chi connectivity index (χ0n) is 13.5. The van der Waals surface area contributed by atoms with E-state index in [1.165, 1.54) is 6.20 Å². The van der Waals surface area contributed by atoms with Crippen LogP contribution in [0, 0.1) is 6.92 Å². The van der Waals surface area contributed by atoms with Crippen molar-refractivity contribution in [3.8, 4) is 0 Å². The minimum absolute atomic E-state index is 0.421. The first kappa shape index (κ1) is 17.0. The summed E-state index contributed by atoms with van der Waals surface area (Å²) in [4.78, 5) is 12.5. The first-order chi connectivity index (χ1) is 10.7. The highest BCUT2D eigenvalue weighted by atomic mass is 32.2. The molecule has 0 spiro atoms. The van der Waals surface area contributed by atoms with Gasteiger partial charge >= 0.3 is 0 Å². The molecule has 0 saturated carbocycles. The van der Waals surface area contributed by atoms with E-state index in [0.29, 0.717) is 11.4 Å². The van der Waals surface area contributed by atoms with Crippen LogP contribution < -0.4 is 9.62 Å². The van der Waals surface area contributed by atoms with Gasteiger partial charge in [-0.05, 0) is 26.0 Å². The molecule has 1 aromatic carbocycles. The second kappa shape index (κ2) is 6.41. The summed E-state index contributed by atoms with van der Waals surface area (Å²) in [5, 5.41) is 6.78. The van der Waals surface area contributed by atoms with Crippen molar-refractivity contribution in [3.05, 3.63) is 42.2 Å². The summed E-state index contributed by atoms with van der Waals surface area (Å²) in [7, 11) is -1.84. The summed E-state index contributed by atoms with van der Waals surface area (Å²) in [6.45, 7) is 3.37. The molecule has 1 heterocycles. The highest BCUT2D eigenvalue weighted by Gasteiger charge is 2.29. The smallest absolute Gasteiger partial charge is 0.248 e. The Kier molecular flexibility index (Phi) is 4.74. The first-order valence-electron chi connectivity index (χ1n) is 7.05. The SMILES string of the molecule is Cc1c(NC(=O)C(C)N(c2ccccc2)S(C)(=O)=O)cnn1C. The van der Waals surface area contributed by atoms with Gasteiger partial charge in [0.15, 0.2) is 0 Å². The van der Waals surface area contributed by atoms with Crippen molar-refractivity contribution in [1.82, 2.24) is 9.78 Å². The van der Waals surface area contributed by atoms with Crippen LogP contribution in [0.1, 0.15) is 12.6 Å². The van der Waals surface area contributed by atoms with E-state index in [1.807, 2.05) is 6.92 Å². The van der Waals surface area contributed by atoms with Gasteiger partial charge in [0.1, 0.15) is 6.04 Å². The Labute approximate surface area is 136 Å². The van der Waals surface area contributed by atoms with Gasteiger partial charge < -0.3 is 5.32 Å². The van der Waals surface area contributed by atoms with Crippen molar-refractivity contribution in [2.75, 3.05) is 15.9 Å². The van der Waals surface area contributed by atoms with Crippen LogP contribution in [0.3, 0.4) is 0 Å². The number of aromatic nitrogens is 2. The van der Waals surface area contributed by atoms with Gasteiger partial charge in [0.2, 0.25) is 15.9 Å². The zero-order chi connectivity index (χ0) is 17.2. The van der Waals surface area contributed by atoms with Crippen LogP contribution in [0.15, 0.2) is 36.5 Å². The molecule has 0 aliphatic heterocycles. The van der Waals surface area contributed by atoms with Gasteiger partial charge in [0.25, 0.3) is 0 Å². The number of carbonyl (C=O) groups excluding carboxylic acids is 1. The molecule has 0 fully saturated rings. The van der Waals surface area contributed by atoms with E-state index in [2.05, 4.69) is 10.4 Å². The Morgan fingerprint density at radius 3 is 2.39 bits per heavy atom. The molecule has 1 N–H and O–H groups in total. The largest absolute Gasteiger partial charge is 0.321 e. The van der Waals surface area contributed by atoms with Gasteiger partial charge in [-0.1, -0.05) is 18.2 Å². The normalized spacial score (nSPS) is 12.7. The molecule has 1 atom stereocenters. The average Bonchev–Trinajstić information content (AvgIpc) is 2.79. The number of anilines is 2. The molecule has 2 aromatic rings. The average molecular weight is 336 g/mol. The maximum atomic E-state index is 12.5. The van der Waals surface area contributed by atoms with Crippen molar-refractivity contribution in [2.24, 2.45) is 7.05 Å². The van der Waals surface area contributed by atoms with Gasteiger partial charge in [-0.25, -0.2) is 8.42 Å². The monoisotopic (exact) mass is 336 g/mol. The Hall–Kier alpha value is -2.35. The predicted molar refractivity (Wildman–Crippen MR) is 89.8 cm³/mol. The minimum Gasteiger partial charge on any atom is -0.321 e. The van der Waals surface area contributed by atoms with Crippen LogP contribution in [0.25, 0.3) is 0 Å². The van der Waals surface area contributed by atoms with Crippen molar-refractivity contribution >= 4 is 27.3 Å². The Balaban J connectivity index is 2.29. The van der Waals surface area contributed by atoms with E-state index in [9.17, 15) is 13.2 Å². The van der Waals surface area contributed by atoms with Gasteiger partial charge in [-0.2, -0.15) is 5.10 Å². The highest BCUT2D eigenvalue weighted by molar-refractivity contribution is 7.92. The summed E-state index contributed by atoms with van der Waals surface area (Å²) in [6.07, 6.45) is 2.62. The quantitative estimate of drug-likeness (QED) is 0.897. The third-order valence-electron chi connectivity index (χ3n) is 3.59. The molecule has 0 aliphatic rings. The molecule has 0 bridgehead atoms. The minimum atomic E-state index is -3.61. The second-order valence-electron chi connectivity index (χ2n) is 5.33. The third kappa shape index (κ3) is 3.70. The molecule has 23 heavy (non-hydrogen) atoms. The van der Waals surface area contributed by atoms with Crippen LogP contribution in [0.5, 0.6) is 0 Å². The lowest BCUT2D eigenvalue weighted by Gasteiger charge is -2.28. The number of hydrogen-bond donors (Lipinski definition) is 1. The van der Waals surface area contributed by atoms with Crippen molar-refractivity contribution in [2.45, 2.75) is 19.9 Å². The highest BCUT2D eigenvalue weighted by Crippen LogP contribution is 2.21. The molecule has 0 radical (unpaired) electrons. The number of amides is 1. The zero-order valence-corrected chi connectivity index (χ0v) is 14.3. The molecule has 0 saturated heterocycles. The van der Waals surface area contributed by atoms with Crippen molar-refractivity contribution in [1.29, 1.82) is 0 Å². The van der Waals surface area contributed by atoms with Crippen LogP contribution in [0.2, 0.25) is 0 Å². The summed E-state index contributed by atoms with van der Waals surface area (Å²) >= 11 is 0. The van der Waals surface area contributed by atoms with Gasteiger partial charge in [0.05, 0.1) is 29.5 Å². The Morgan fingerprint density at radius 2 is 1.91 bits per heavy atom. The lowest BCUT2D eigenvalue weighted by Crippen LogP contribution is -2.45. The fourth-order valence-electron chi connectivity index (χ4n) is 2.24. The molecule has 1 aromatic heterocycles. The number of nitrogens with one attached hydrogen (secondary N) is 1. The number of hydrogen-bond acceptors (Lipinski definition) is 4. The molecular weight excluding hydrogens is 316 g/mol. The lowest BCUT2D eigenvalue weighted by molar-refractivity contribution is -0.116. The standard InChI is InChI=1S/C15H20N4O3S/c1-11-14(10-16-18(11)3)17-15(20)12(2)19(23(4,21)22)13-8-6-5-7-9-13/h5-10,12H,1-4H3,(H,17,20). The Morgan fingerprint density at radius 1 is 1.30 bits per heavy atom. The van der Waals surface area contributed by atoms with E-state index in [0.717, 1.165) is 16.3 Å². The maximum absolute atomic E-state index is 12.5. The Bertz CT molecular complexity index is 799. The maximum Gasteiger partial charge on any atom is 0.248 e. The van der Waals surface area contributed by atoms with Crippen molar-refractivity contribution < 1.29 is 13.2 Å². The molecule has 1 amide bonds. The van der Waals surface area contributed by atoms with Crippen LogP contribution in [-0.4, -0.2) is 36.4 Å². The number of nitrogens with zero attached hydrogens (tertiary/aromatic N) is 3. The van der Waals surface area contributed by atoms with Gasteiger partial charge in [-0.15, -0.1) is 0 Å². The molecule has 1 unspecified atom stereocenters. The van der Waals surface area contributed by atoms with E-state index in [1.54, 1.807) is 49.0 Å². The molecule has 2 rings (SSSR count). The number of rotatable bonds is 5. The number of para-hydroxylation sites is 1. The number of carbonyl (C=O) groups is 1. The summed E-state index contributed by atoms with van der Waals surface area (Å²) in [5.41, 5.74) is 1.79. The topological polar surface area (TPSA) is 84.3 Å². The fourth-order valence-corrected chi connectivity index (χ4v) is 3.42. The summed E-state index contributed by atoms with van der Waals surface area (Å²) in [5.74, 6) is -0.421. The summed E-state index contributed by atoms with van der Waals surface area (Å²) < 4.78 is 27.0. The van der Waals surface area contributed by atoms with E-state index in [-0.39, 0.29) is 0 Å². The second-order valence-corrected chi connectivity index (χ2v) is 7.19. The summed E-state index contributed by atoms with van der Waals surface area (Å²) in [6, 6.07) is 7.65. The van der Waals surface area contributed by atoms with Crippen LogP contribution in [-0.2, 0) is 21.9 Å². The molecule has 124 valence electrons. The predicted octanol–water partition coefficient (Wildman–Crippen LogP) is 1.52.